The third kappa shape index (κ3) is 2.60. The second kappa shape index (κ2) is 4.37. The average molecular weight is 240 g/mol. The normalized spacial score (nSPS) is 10.2. The molecule has 0 spiro atoms. The van der Waals surface area contributed by atoms with Crippen molar-refractivity contribution in [2.45, 2.75) is 12.8 Å². The average Bonchev–Trinajstić information content (AvgIpc) is 2.31. The van der Waals surface area contributed by atoms with E-state index in [0.29, 0.717) is 0 Å². The smallest absolute Gasteiger partial charge is 0.0515 e. The van der Waals surface area contributed by atoms with Crippen LogP contribution in [0.2, 0.25) is 5.02 Å². The lowest BCUT2D eigenvalue weighted by Crippen LogP contribution is -1.79. The van der Waals surface area contributed by atoms with Crippen molar-refractivity contribution >= 4 is 38.9 Å². The van der Waals surface area contributed by atoms with Gasteiger partial charge >= 0.3 is 0 Å². The fourth-order valence-electron chi connectivity index (χ4n) is 0.726. The summed E-state index contributed by atoms with van der Waals surface area (Å²) in [4.78, 5) is 1.38. The van der Waals surface area contributed by atoms with Gasteiger partial charge in [-0.05, 0) is 18.9 Å². The van der Waals surface area contributed by atoms with Crippen LogP contribution in [0.4, 0.5) is 0 Å². The van der Waals surface area contributed by atoms with E-state index < -0.39 is 0 Å². The third-order valence-electron chi connectivity index (χ3n) is 1.18. The maximum Gasteiger partial charge on any atom is 0.0515 e. The lowest BCUT2D eigenvalue weighted by atomic mass is 10.3. The Labute approximate surface area is 78.3 Å². The lowest BCUT2D eigenvalue weighted by Gasteiger charge is -1.89. The van der Waals surface area contributed by atoms with E-state index >= 15 is 0 Å². The molecule has 0 N–H and O–H groups in total. The molecule has 0 aliphatic carbocycles. The summed E-state index contributed by atoms with van der Waals surface area (Å²) in [5.41, 5.74) is 0. The second-order valence-electron chi connectivity index (χ2n) is 2.02. The summed E-state index contributed by atoms with van der Waals surface area (Å²) in [6.07, 6.45) is 2.33. The summed E-state index contributed by atoms with van der Waals surface area (Å²) in [5, 5.41) is 3.92. The van der Waals surface area contributed by atoms with Crippen molar-refractivity contribution in [1.82, 2.24) is 0 Å². The van der Waals surface area contributed by atoms with Gasteiger partial charge in [0.15, 0.2) is 0 Å². The first kappa shape index (κ1) is 8.57. The SMILES string of the molecule is Clc1csc(CCCBr)c1. The molecule has 0 unspecified atom stereocenters. The molecule has 0 bridgehead atoms. The van der Waals surface area contributed by atoms with Gasteiger partial charge in [-0.25, -0.2) is 0 Å². The van der Waals surface area contributed by atoms with E-state index in [2.05, 4.69) is 15.9 Å². The molecule has 0 aliphatic rings. The Morgan fingerprint density at radius 3 is 2.90 bits per heavy atom. The summed E-state index contributed by atoms with van der Waals surface area (Å²) in [7, 11) is 0. The molecule has 1 aromatic heterocycles. The summed E-state index contributed by atoms with van der Waals surface area (Å²) >= 11 is 10.9. The van der Waals surface area contributed by atoms with Crippen molar-refractivity contribution in [3.8, 4) is 0 Å². The Morgan fingerprint density at radius 2 is 2.40 bits per heavy atom. The predicted octanol–water partition coefficient (Wildman–Crippen LogP) is 3.73. The highest BCUT2D eigenvalue weighted by Gasteiger charge is 1.95. The van der Waals surface area contributed by atoms with E-state index in [-0.39, 0.29) is 0 Å². The van der Waals surface area contributed by atoms with Gasteiger partial charge in [-0.1, -0.05) is 27.5 Å². The van der Waals surface area contributed by atoms with Crippen LogP contribution in [-0.2, 0) is 6.42 Å². The van der Waals surface area contributed by atoms with Crippen LogP contribution in [0.15, 0.2) is 11.4 Å². The zero-order chi connectivity index (χ0) is 7.40. The highest BCUT2D eigenvalue weighted by Crippen LogP contribution is 2.20. The van der Waals surface area contributed by atoms with Crippen LogP contribution in [0.1, 0.15) is 11.3 Å². The van der Waals surface area contributed by atoms with Crippen LogP contribution in [-0.4, -0.2) is 5.33 Å². The van der Waals surface area contributed by atoms with Crippen molar-refractivity contribution in [3.05, 3.63) is 21.3 Å². The predicted molar refractivity (Wildman–Crippen MR) is 51.4 cm³/mol. The highest BCUT2D eigenvalue weighted by molar-refractivity contribution is 9.09. The van der Waals surface area contributed by atoms with Crippen molar-refractivity contribution in [2.24, 2.45) is 0 Å². The number of hydrogen-bond acceptors (Lipinski definition) is 1. The maximum atomic E-state index is 5.74. The first-order valence-corrected chi connectivity index (χ1v) is 5.49. The molecule has 0 aromatic carbocycles. The van der Waals surface area contributed by atoms with Gasteiger partial charge < -0.3 is 0 Å². The van der Waals surface area contributed by atoms with Crippen LogP contribution in [0.5, 0.6) is 0 Å². The van der Waals surface area contributed by atoms with Crippen LogP contribution in [0.3, 0.4) is 0 Å². The molecule has 10 heavy (non-hydrogen) atoms. The number of halogens is 2. The fraction of sp³-hybridized carbons (Fsp3) is 0.429. The molecule has 0 fully saturated rings. The van der Waals surface area contributed by atoms with Crippen LogP contribution < -0.4 is 0 Å². The Morgan fingerprint density at radius 1 is 1.60 bits per heavy atom. The molecule has 0 saturated heterocycles. The Bertz CT molecular complexity index is 197. The van der Waals surface area contributed by atoms with E-state index in [0.717, 1.165) is 16.8 Å². The molecule has 1 aromatic rings. The molecule has 56 valence electrons. The maximum absolute atomic E-state index is 5.74. The Kier molecular flexibility index (Phi) is 3.74. The molecule has 1 heterocycles. The summed E-state index contributed by atoms with van der Waals surface area (Å²) < 4.78 is 0. The van der Waals surface area contributed by atoms with Gasteiger partial charge in [0, 0.05) is 15.6 Å². The molecule has 0 radical (unpaired) electrons. The molecule has 1 rings (SSSR count). The van der Waals surface area contributed by atoms with Crippen molar-refractivity contribution in [2.75, 3.05) is 5.33 Å². The van der Waals surface area contributed by atoms with Gasteiger partial charge in [0.05, 0.1) is 5.02 Å². The first-order valence-electron chi connectivity index (χ1n) is 3.12. The van der Waals surface area contributed by atoms with Gasteiger partial charge in [-0.15, -0.1) is 11.3 Å². The second-order valence-corrected chi connectivity index (χ2v) is 4.25. The van der Waals surface area contributed by atoms with Gasteiger partial charge in [0.2, 0.25) is 0 Å². The van der Waals surface area contributed by atoms with Crippen LogP contribution in [0.25, 0.3) is 0 Å². The van der Waals surface area contributed by atoms with E-state index in [4.69, 9.17) is 11.6 Å². The molecule has 0 aliphatic heterocycles. The van der Waals surface area contributed by atoms with E-state index in [1.165, 1.54) is 11.3 Å². The quantitative estimate of drug-likeness (QED) is 0.705. The molecular formula is C7H8BrClS. The minimum atomic E-state index is 0.870. The molecule has 0 nitrogen and oxygen atoms in total. The topological polar surface area (TPSA) is 0 Å². The largest absolute Gasteiger partial charge is 0.147 e. The Balaban J connectivity index is 2.42. The zero-order valence-electron chi connectivity index (χ0n) is 5.44. The number of rotatable bonds is 3. The fourth-order valence-corrected chi connectivity index (χ4v) is 2.13. The molecule has 0 saturated carbocycles. The first-order chi connectivity index (χ1) is 4.83. The Hall–Kier alpha value is 0.470. The molecule has 0 atom stereocenters. The standard InChI is InChI=1S/C7H8BrClS/c8-3-1-2-7-4-6(9)5-10-7/h4-5H,1-3H2. The van der Waals surface area contributed by atoms with E-state index in [1.54, 1.807) is 11.3 Å². The number of thiophene rings is 1. The van der Waals surface area contributed by atoms with Crippen LogP contribution in [0, 0.1) is 0 Å². The number of aryl methyl sites for hydroxylation is 1. The van der Waals surface area contributed by atoms with Gasteiger partial charge in [0.25, 0.3) is 0 Å². The monoisotopic (exact) mass is 238 g/mol. The van der Waals surface area contributed by atoms with Crippen molar-refractivity contribution < 1.29 is 0 Å². The molecular weight excluding hydrogens is 232 g/mol. The molecule has 0 amide bonds. The van der Waals surface area contributed by atoms with E-state index in [1.807, 2.05) is 11.4 Å². The van der Waals surface area contributed by atoms with Gasteiger partial charge in [0.1, 0.15) is 0 Å². The minimum absolute atomic E-state index is 0.870. The number of alkyl halides is 1. The zero-order valence-corrected chi connectivity index (χ0v) is 8.60. The lowest BCUT2D eigenvalue weighted by molar-refractivity contribution is 0.959. The summed E-state index contributed by atoms with van der Waals surface area (Å²) in [5.74, 6) is 0. The summed E-state index contributed by atoms with van der Waals surface area (Å²) in [6, 6.07) is 2.04. The van der Waals surface area contributed by atoms with Gasteiger partial charge in [-0.3, -0.25) is 0 Å². The minimum Gasteiger partial charge on any atom is -0.147 e. The van der Waals surface area contributed by atoms with Crippen molar-refractivity contribution in [1.29, 1.82) is 0 Å². The summed E-state index contributed by atoms with van der Waals surface area (Å²) in [6.45, 7) is 0. The van der Waals surface area contributed by atoms with Crippen molar-refractivity contribution in [3.63, 3.8) is 0 Å². The third-order valence-corrected chi connectivity index (χ3v) is 3.08. The highest BCUT2D eigenvalue weighted by atomic mass is 79.9. The molecule has 3 heteroatoms. The van der Waals surface area contributed by atoms with Crippen LogP contribution >= 0.6 is 38.9 Å². The van der Waals surface area contributed by atoms with E-state index in [9.17, 15) is 0 Å². The number of hydrogen-bond donors (Lipinski definition) is 0. The van der Waals surface area contributed by atoms with Gasteiger partial charge in [-0.2, -0.15) is 0 Å².